The molecule has 0 bridgehead atoms. The van der Waals surface area contributed by atoms with Crippen molar-refractivity contribution in [3.8, 4) is 0 Å². The Balaban J connectivity index is 1.45. The number of urea groups is 1. The van der Waals surface area contributed by atoms with Gasteiger partial charge in [-0.05, 0) is 43.2 Å². The third kappa shape index (κ3) is 4.42. The first-order valence-corrected chi connectivity index (χ1v) is 11.3. The predicted octanol–water partition coefficient (Wildman–Crippen LogP) is 2.48. The summed E-state index contributed by atoms with van der Waals surface area (Å²) in [5.74, 6) is 0.758. The molecule has 1 atom stereocenters. The molecule has 158 valence electrons. The largest absolute Gasteiger partial charge is 0.338 e. The number of amides is 3. The molecule has 0 aromatic heterocycles. The molecule has 6 nitrogen and oxygen atoms in total. The molecule has 1 N–H and O–H groups in total. The van der Waals surface area contributed by atoms with Gasteiger partial charge in [-0.1, -0.05) is 37.1 Å². The van der Waals surface area contributed by atoms with Gasteiger partial charge in [-0.2, -0.15) is 0 Å². The van der Waals surface area contributed by atoms with E-state index in [0.717, 1.165) is 45.4 Å². The van der Waals surface area contributed by atoms with Gasteiger partial charge < -0.3 is 15.1 Å². The van der Waals surface area contributed by atoms with Crippen LogP contribution in [0.25, 0.3) is 0 Å². The van der Waals surface area contributed by atoms with Crippen LogP contribution in [-0.2, 0) is 17.8 Å². The Labute approximate surface area is 174 Å². The molecule has 6 heteroatoms. The lowest BCUT2D eigenvalue weighted by molar-refractivity contribution is -0.141. The van der Waals surface area contributed by atoms with E-state index >= 15 is 0 Å². The molecule has 1 saturated carbocycles. The second-order valence-corrected chi connectivity index (χ2v) is 8.63. The van der Waals surface area contributed by atoms with Crippen molar-refractivity contribution >= 4 is 11.9 Å². The third-order valence-corrected chi connectivity index (χ3v) is 6.86. The molecule has 1 aromatic rings. The number of benzene rings is 1. The number of carbonyl (C=O) groups excluding carboxylic acids is 2. The van der Waals surface area contributed by atoms with Gasteiger partial charge >= 0.3 is 6.03 Å². The van der Waals surface area contributed by atoms with Crippen LogP contribution in [0.2, 0.25) is 0 Å². The van der Waals surface area contributed by atoms with Gasteiger partial charge in [0.1, 0.15) is 0 Å². The third-order valence-electron chi connectivity index (χ3n) is 6.86. The van der Waals surface area contributed by atoms with E-state index < -0.39 is 0 Å². The Morgan fingerprint density at radius 1 is 1.00 bits per heavy atom. The first-order valence-electron chi connectivity index (χ1n) is 11.3. The summed E-state index contributed by atoms with van der Waals surface area (Å²) >= 11 is 0. The van der Waals surface area contributed by atoms with Gasteiger partial charge in [-0.3, -0.25) is 9.69 Å². The lowest BCUT2D eigenvalue weighted by Crippen LogP contribution is -2.59. The number of carbonyl (C=O) groups is 2. The summed E-state index contributed by atoms with van der Waals surface area (Å²) in [6, 6.07) is 8.49. The zero-order valence-electron chi connectivity index (χ0n) is 17.6. The molecule has 2 heterocycles. The van der Waals surface area contributed by atoms with Gasteiger partial charge in [-0.25, -0.2) is 4.79 Å². The quantitative estimate of drug-likeness (QED) is 0.848. The molecule has 0 unspecified atom stereocenters. The van der Waals surface area contributed by atoms with Crippen molar-refractivity contribution in [1.29, 1.82) is 0 Å². The van der Waals surface area contributed by atoms with E-state index in [9.17, 15) is 9.59 Å². The van der Waals surface area contributed by atoms with Gasteiger partial charge in [0.2, 0.25) is 5.91 Å². The molecule has 2 aliphatic heterocycles. The predicted molar refractivity (Wildman–Crippen MR) is 114 cm³/mol. The van der Waals surface area contributed by atoms with E-state index in [0.29, 0.717) is 31.5 Å². The summed E-state index contributed by atoms with van der Waals surface area (Å²) in [5.41, 5.74) is 2.67. The van der Waals surface area contributed by atoms with Gasteiger partial charge in [-0.15, -0.1) is 0 Å². The van der Waals surface area contributed by atoms with Crippen LogP contribution in [0.1, 0.15) is 43.7 Å². The fourth-order valence-corrected chi connectivity index (χ4v) is 5.27. The van der Waals surface area contributed by atoms with Gasteiger partial charge in [0.15, 0.2) is 0 Å². The van der Waals surface area contributed by atoms with Crippen molar-refractivity contribution in [1.82, 2.24) is 20.0 Å². The maximum Gasteiger partial charge on any atom is 0.317 e. The van der Waals surface area contributed by atoms with Crippen LogP contribution in [0.3, 0.4) is 0 Å². The lowest BCUT2D eigenvalue weighted by Gasteiger charge is -2.43. The number of rotatable bonds is 4. The molecule has 29 heavy (non-hydrogen) atoms. The van der Waals surface area contributed by atoms with Gasteiger partial charge in [0.05, 0.1) is 6.04 Å². The molecular weight excluding hydrogens is 364 g/mol. The maximum atomic E-state index is 13.7. The van der Waals surface area contributed by atoms with Gasteiger partial charge in [0, 0.05) is 45.8 Å². The molecule has 1 aromatic carbocycles. The molecule has 4 rings (SSSR count). The van der Waals surface area contributed by atoms with E-state index in [2.05, 4.69) is 39.4 Å². The van der Waals surface area contributed by atoms with Crippen LogP contribution in [0.15, 0.2) is 24.3 Å². The minimum absolute atomic E-state index is 0.0172. The van der Waals surface area contributed by atoms with E-state index in [1.807, 2.05) is 11.8 Å². The minimum atomic E-state index is -0.0286. The minimum Gasteiger partial charge on any atom is -0.338 e. The van der Waals surface area contributed by atoms with Crippen molar-refractivity contribution in [2.45, 2.75) is 51.6 Å². The molecular formula is C23H34N4O2. The average Bonchev–Trinajstić information content (AvgIpc) is 3.28. The number of nitrogens with zero attached hydrogens (tertiary/aromatic N) is 3. The Morgan fingerprint density at radius 3 is 2.38 bits per heavy atom. The highest BCUT2D eigenvalue weighted by atomic mass is 16.2. The number of fused-ring (bicyclic) bond motifs is 1. The van der Waals surface area contributed by atoms with Crippen LogP contribution in [0.4, 0.5) is 4.79 Å². The van der Waals surface area contributed by atoms with Gasteiger partial charge in [0.25, 0.3) is 0 Å². The SMILES string of the molecule is CCNC(=O)N1CCN([C@@H](C(=O)N2CCc3ccccc3C2)C2CCCC2)CC1. The van der Waals surface area contributed by atoms with Crippen LogP contribution < -0.4 is 5.32 Å². The van der Waals surface area contributed by atoms with E-state index in [-0.39, 0.29) is 12.1 Å². The first kappa shape index (κ1) is 20.2. The Morgan fingerprint density at radius 2 is 1.69 bits per heavy atom. The molecule has 0 radical (unpaired) electrons. The van der Waals surface area contributed by atoms with Crippen molar-refractivity contribution < 1.29 is 9.59 Å². The summed E-state index contributed by atoms with van der Waals surface area (Å²) in [6.45, 7) is 7.12. The normalized spacial score (nSPS) is 21.7. The highest BCUT2D eigenvalue weighted by molar-refractivity contribution is 5.82. The van der Waals surface area contributed by atoms with E-state index in [4.69, 9.17) is 0 Å². The molecule has 0 spiro atoms. The highest BCUT2D eigenvalue weighted by Crippen LogP contribution is 2.33. The summed E-state index contributed by atoms with van der Waals surface area (Å²) in [6.07, 6.45) is 5.71. The summed E-state index contributed by atoms with van der Waals surface area (Å²) < 4.78 is 0. The maximum absolute atomic E-state index is 13.7. The summed E-state index contributed by atoms with van der Waals surface area (Å²) in [4.78, 5) is 32.2. The molecule has 3 amide bonds. The van der Waals surface area contributed by atoms with E-state index in [1.165, 1.54) is 24.0 Å². The topological polar surface area (TPSA) is 55.9 Å². The zero-order chi connectivity index (χ0) is 20.2. The van der Waals surface area contributed by atoms with Crippen LogP contribution in [0.5, 0.6) is 0 Å². The Bertz CT molecular complexity index is 723. The smallest absolute Gasteiger partial charge is 0.317 e. The van der Waals surface area contributed by atoms with Crippen molar-refractivity contribution in [3.05, 3.63) is 35.4 Å². The first-order chi connectivity index (χ1) is 14.2. The second kappa shape index (κ2) is 9.16. The van der Waals surface area contributed by atoms with Crippen molar-refractivity contribution in [2.75, 3.05) is 39.3 Å². The standard InChI is InChI=1S/C23H34N4O2/c1-2-24-23(29)26-15-13-25(14-16-26)21(19-8-4-5-9-19)22(28)27-12-11-18-7-3-6-10-20(18)17-27/h3,6-7,10,19,21H,2,4-5,8-9,11-17H2,1H3,(H,24,29)/t21-/m1/s1. The summed E-state index contributed by atoms with van der Waals surface area (Å²) in [7, 11) is 0. The Kier molecular flexibility index (Phi) is 6.38. The van der Waals surface area contributed by atoms with E-state index in [1.54, 1.807) is 0 Å². The monoisotopic (exact) mass is 398 g/mol. The number of hydrogen-bond acceptors (Lipinski definition) is 3. The fourth-order valence-electron chi connectivity index (χ4n) is 5.27. The number of hydrogen-bond donors (Lipinski definition) is 1. The number of piperazine rings is 1. The highest BCUT2D eigenvalue weighted by Gasteiger charge is 2.39. The number of nitrogens with one attached hydrogen (secondary N) is 1. The summed E-state index contributed by atoms with van der Waals surface area (Å²) in [5, 5.41) is 2.89. The Hall–Kier alpha value is -2.08. The van der Waals surface area contributed by atoms with Crippen LogP contribution in [-0.4, -0.2) is 71.9 Å². The second-order valence-electron chi connectivity index (χ2n) is 8.63. The van der Waals surface area contributed by atoms with Crippen molar-refractivity contribution in [3.63, 3.8) is 0 Å². The molecule has 2 fully saturated rings. The molecule has 1 aliphatic carbocycles. The molecule has 1 saturated heterocycles. The zero-order valence-corrected chi connectivity index (χ0v) is 17.6. The lowest BCUT2D eigenvalue weighted by atomic mass is 9.92. The van der Waals surface area contributed by atoms with Crippen LogP contribution in [0, 0.1) is 5.92 Å². The molecule has 3 aliphatic rings. The fraction of sp³-hybridized carbons (Fsp3) is 0.652. The average molecular weight is 399 g/mol. The van der Waals surface area contributed by atoms with Crippen LogP contribution >= 0.6 is 0 Å². The van der Waals surface area contributed by atoms with Crippen molar-refractivity contribution in [2.24, 2.45) is 5.92 Å².